The van der Waals surface area contributed by atoms with Gasteiger partial charge < -0.3 is 19.9 Å². The minimum absolute atomic E-state index is 0.0407. The zero-order chi connectivity index (χ0) is 26.4. The molecule has 0 aliphatic carbocycles. The molecule has 3 aromatic carbocycles. The average Bonchev–Trinajstić information content (AvgIpc) is 3.30. The topological polar surface area (TPSA) is 79.0 Å². The van der Waals surface area contributed by atoms with Crippen molar-refractivity contribution in [1.82, 2.24) is 0 Å². The van der Waals surface area contributed by atoms with E-state index in [1.54, 1.807) is 24.0 Å². The number of hydrogen-bond acceptors (Lipinski definition) is 5. The van der Waals surface area contributed by atoms with Crippen molar-refractivity contribution in [2.45, 2.75) is 33.1 Å². The highest BCUT2D eigenvalue weighted by atomic mass is 16.5. The van der Waals surface area contributed by atoms with Gasteiger partial charge in [0.15, 0.2) is 0 Å². The molecule has 2 amide bonds. The van der Waals surface area contributed by atoms with Crippen LogP contribution in [0.15, 0.2) is 78.9 Å². The number of esters is 1. The van der Waals surface area contributed by atoms with E-state index in [9.17, 15) is 14.4 Å². The summed E-state index contributed by atoms with van der Waals surface area (Å²) in [7, 11) is 0. The van der Waals surface area contributed by atoms with Crippen LogP contribution in [0.4, 0.5) is 22.7 Å². The predicted molar refractivity (Wildman–Crippen MR) is 146 cm³/mol. The summed E-state index contributed by atoms with van der Waals surface area (Å²) in [5, 5.41) is 2.95. The fraction of sp³-hybridized carbons (Fsp3) is 0.300. The summed E-state index contributed by atoms with van der Waals surface area (Å²) in [6.07, 6.45) is 0.178. The first-order valence-corrected chi connectivity index (χ1v) is 12.7. The molecule has 0 aromatic heterocycles. The summed E-state index contributed by atoms with van der Waals surface area (Å²) in [5.41, 5.74) is 4.26. The van der Waals surface area contributed by atoms with Crippen LogP contribution in [0, 0.1) is 5.92 Å². The Morgan fingerprint density at radius 2 is 1.62 bits per heavy atom. The number of amides is 2. The highest BCUT2D eigenvalue weighted by molar-refractivity contribution is 6.04. The zero-order valence-corrected chi connectivity index (χ0v) is 21.5. The van der Waals surface area contributed by atoms with Gasteiger partial charge in [-0.3, -0.25) is 14.4 Å². The lowest BCUT2D eigenvalue weighted by molar-refractivity contribution is -0.141. The van der Waals surface area contributed by atoms with Crippen LogP contribution < -0.4 is 15.1 Å². The summed E-state index contributed by atoms with van der Waals surface area (Å²) >= 11 is 0. The fourth-order valence-corrected chi connectivity index (χ4v) is 4.58. The summed E-state index contributed by atoms with van der Waals surface area (Å²) in [6, 6.07) is 24.8. The number of carbonyl (C=O) groups excluding carboxylic acids is 3. The minimum atomic E-state index is -0.433. The van der Waals surface area contributed by atoms with Gasteiger partial charge in [-0.15, -0.1) is 0 Å². The van der Waals surface area contributed by atoms with Gasteiger partial charge >= 0.3 is 5.97 Å². The molecule has 1 atom stereocenters. The molecular formula is C30H33N3O4. The molecule has 1 saturated heterocycles. The van der Waals surface area contributed by atoms with E-state index >= 15 is 0 Å². The number of nitrogens with one attached hydrogen (secondary N) is 1. The number of hydrogen-bond donors (Lipinski definition) is 1. The van der Waals surface area contributed by atoms with E-state index in [0.717, 1.165) is 22.6 Å². The first-order valence-electron chi connectivity index (χ1n) is 12.7. The van der Waals surface area contributed by atoms with Crippen LogP contribution in [0.5, 0.6) is 0 Å². The van der Waals surface area contributed by atoms with Crippen LogP contribution in [0.1, 0.15) is 38.7 Å². The summed E-state index contributed by atoms with van der Waals surface area (Å²) in [5.74, 6) is -0.706. The quantitative estimate of drug-likeness (QED) is 0.393. The molecule has 4 rings (SSSR count). The molecule has 1 aliphatic rings. The molecule has 1 aliphatic heterocycles. The third-order valence-electron chi connectivity index (χ3n) is 6.45. The second-order valence-electron chi connectivity index (χ2n) is 9.38. The third-order valence-corrected chi connectivity index (χ3v) is 6.45. The van der Waals surface area contributed by atoms with Gasteiger partial charge in [0.1, 0.15) is 6.54 Å². The van der Waals surface area contributed by atoms with E-state index in [4.69, 9.17) is 4.74 Å². The van der Waals surface area contributed by atoms with E-state index < -0.39 is 5.92 Å². The molecule has 1 N–H and O–H groups in total. The maximum absolute atomic E-state index is 13.1. The number of para-hydroxylation sites is 2. The number of nitrogens with zero attached hydrogens (tertiary/aromatic N) is 2. The molecule has 0 spiro atoms. The predicted octanol–water partition coefficient (Wildman–Crippen LogP) is 5.50. The maximum Gasteiger partial charge on any atom is 0.325 e. The van der Waals surface area contributed by atoms with E-state index in [1.165, 1.54) is 0 Å². The standard InChI is InChI=1S/C30H33N3O4/c1-4-37-29(35)20-32(24-10-6-5-7-11-24)25-16-14-23(15-17-25)31-30(36)22-18-28(34)33(19-22)27-13-9-8-12-26(27)21(2)3/h5-17,21-22H,4,18-20H2,1-3H3,(H,31,36). The molecule has 1 fully saturated rings. The van der Waals surface area contributed by atoms with Crippen molar-refractivity contribution in [2.75, 3.05) is 34.8 Å². The van der Waals surface area contributed by atoms with Crippen LogP contribution in [0.2, 0.25) is 0 Å². The minimum Gasteiger partial charge on any atom is -0.465 e. The van der Waals surface area contributed by atoms with E-state index in [-0.39, 0.29) is 36.7 Å². The summed E-state index contributed by atoms with van der Waals surface area (Å²) in [4.78, 5) is 41.7. The van der Waals surface area contributed by atoms with E-state index in [1.807, 2.05) is 71.6 Å². The zero-order valence-electron chi connectivity index (χ0n) is 21.5. The molecule has 37 heavy (non-hydrogen) atoms. The van der Waals surface area contributed by atoms with Crippen molar-refractivity contribution < 1.29 is 19.1 Å². The van der Waals surface area contributed by atoms with E-state index in [0.29, 0.717) is 18.8 Å². The molecular weight excluding hydrogens is 466 g/mol. The Morgan fingerprint density at radius 3 is 2.30 bits per heavy atom. The van der Waals surface area contributed by atoms with Gasteiger partial charge in [0.2, 0.25) is 11.8 Å². The van der Waals surface area contributed by atoms with Crippen LogP contribution in [0.25, 0.3) is 0 Å². The second kappa shape index (κ2) is 11.7. The molecule has 192 valence electrons. The van der Waals surface area contributed by atoms with Gasteiger partial charge in [0, 0.05) is 35.7 Å². The van der Waals surface area contributed by atoms with Gasteiger partial charge in [0.05, 0.1) is 12.5 Å². The number of carbonyl (C=O) groups is 3. The normalized spacial score (nSPS) is 15.1. The molecule has 0 bridgehead atoms. The molecule has 1 unspecified atom stereocenters. The van der Waals surface area contributed by atoms with Crippen LogP contribution in [-0.2, 0) is 19.1 Å². The SMILES string of the molecule is CCOC(=O)CN(c1ccccc1)c1ccc(NC(=O)C2CC(=O)N(c3ccccc3C(C)C)C2)cc1. The van der Waals surface area contributed by atoms with Gasteiger partial charge in [-0.2, -0.15) is 0 Å². The number of rotatable bonds is 9. The van der Waals surface area contributed by atoms with Crippen molar-refractivity contribution in [2.24, 2.45) is 5.92 Å². The first-order chi connectivity index (χ1) is 17.9. The lowest BCUT2D eigenvalue weighted by Crippen LogP contribution is -2.29. The molecule has 1 heterocycles. The molecule has 3 aromatic rings. The monoisotopic (exact) mass is 499 g/mol. The lowest BCUT2D eigenvalue weighted by Gasteiger charge is -2.24. The number of ether oxygens (including phenoxy) is 1. The Labute approximate surface area is 218 Å². The number of benzene rings is 3. The Balaban J connectivity index is 1.45. The Kier molecular flexibility index (Phi) is 8.23. The smallest absolute Gasteiger partial charge is 0.325 e. The fourth-order valence-electron chi connectivity index (χ4n) is 4.58. The van der Waals surface area contributed by atoms with Crippen LogP contribution in [0.3, 0.4) is 0 Å². The summed E-state index contributed by atoms with van der Waals surface area (Å²) < 4.78 is 5.15. The summed E-state index contributed by atoms with van der Waals surface area (Å²) in [6.45, 7) is 6.71. The molecule has 0 saturated carbocycles. The first kappa shape index (κ1) is 25.9. The Bertz CT molecular complexity index is 1240. The average molecular weight is 500 g/mol. The van der Waals surface area contributed by atoms with Crippen LogP contribution >= 0.6 is 0 Å². The molecule has 7 nitrogen and oxygen atoms in total. The van der Waals surface area contributed by atoms with Gasteiger partial charge in [0.25, 0.3) is 0 Å². The van der Waals surface area contributed by atoms with Gasteiger partial charge in [-0.25, -0.2) is 0 Å². The maximum atomic E-state index is 13.1. The van der Waals surface area contributed by atoms with Gasteiger partial charge in [-0.05, 0) is 60.9 Å². The molecule has 7 heteroatoms. The second-order valence-corrected chi connectivity index (χ2v) is 9.38. The van der Waals surface area contributed by atoms with Gasteiger partial charge in [-0.1, -0.05) is 50.2 Å². The van der Waals surface area contributed by atoms with Crippen molar-refractivity contribution >= 4 is 40.5 Å². The van der Waals surface area contributed by atoms with Crippen LogP contribution in [-0.4, -0.2) is 37.5 Å². The van der Waals surface area contributed by atoms with Crippen molar-refractivity contribution in [3.63, 3.8) is 0 Å². The van der Waals surface area contributed by atoms with Crippen molar-refractivity contribution in [3.8, 4) is 0 Å². The third kappa shape index (κ3) is 6.17. The Hall–Kier alpha value is -4.13. The molecule has 0 radical (unpaired) electrons. The lowest BCUT2D eigenvalue weighted by atomic mass is 10.0. The van der Waals surface area contributed by atoms with Crippen molar-refractivity contribution in [3.05, 3.63) is 84.4 Å². The highest BCUT2D eigenvalue weighted by Crippen LogP contribution is 2.33. The van der Waals surface area contributed by atoms with E-state index in [2.05, 4.69) is 19.2 Å². The number of anilines is 4. The highest BCUT2D eigenvalue weighted by Gasteiger charge is 2.36. The van der Waals surface area contributed by atoms with Crippen molar-refractivity contribution in [1.29, 1.82) is 0 Å². The Morgan fingerprint density at radius 1 is 0.973 bits per heavy atom. The largest absolute Gasteiger partial charge is 0.465 e.